The van der Waals surface area contributed by atoms with Gasteiger partial charge in [-0.05, 0) is 6.92 Å². The number of hydrogen-bond donors (Lipinski definition) is 0. The third kappa shape index (κ3) is 1.96. The van der Waals surface area contributed by atoms with Crippen LogP contribution in [0, 0.1) is 6.92 Å². The SMILES string of the molecule is COCc1cnc(C)c(OC)c1[C@@H]1CO1. The van der Waals surface area contributed by atoms with Crippen LogP contribution in [0.15, 0.2) is 6.20 Å². The van der Waals surface area contributed by atoms with Gasteiger partial charge in [0.05, 0.1) is 26.0 Å². The van der Waals surface area contributed by atoms with E-state index in [2.05, 4.69) is 4.98 Å². The molecule has 0 unspecified atom stereocenters. The molecule has 0 spiro atoms. The number of methoxy groups -OCH3 is 2. The number of pyridine rings is 1. The Hall–Kier alpha value is -1.13. The summed E-state index contributed by atoms with van der Waals surface area (Å²) >= 11 is 0. The molecule has 2 rings (SSSR count). The van der Waals surface area contributed by atoms with E-state index in [0.29, 0.717) is 6.61 Å². The summed E-state index contributed by atoms with van der Waals surface area (Å²) in [5, 5.41) is 0. The quantitative estimate of drug-likeness (QED) is 0.707. The zero-order valence-electron chi connectivity index (χ0n) is 9.24. The van der Waals surface area contributed by atoms with Crippen LogP contribution >= 0.6 is 0 Å². The van der Waals surface area contributed by atoms with Crippen LogP contribution in [0.1, 0.15) is 22.9 Å². The van der Waals surface area contributed by atoms with Crippen molar-refractivity contribution >= 4 is 0 Å². The maximum absolute atomic E-state index is 5.37. The van der Waals surface area contributed by atoms with Crippen LogP contribution in [0.25, 0.3) is 0 Å². The van der Waals surface area contributed by atoms with E-state index >= 15 is 0 Å². The minimum atomic E-state index is 0.159. The van der Waals surface area contributed by atoms with Crippen molar-refractivity contribution in [2.45, 2.75) is 19.6 Å². The van der Waals surface area contributed by atoms with Crippen molar-refractivity contribution in [1.29, 1.82) is 0 Å². The van der Waals surface area contributed by atoms with Crippen LogP contribution in [-0.2, 0) is 16.1 Å². The highest BCUT2D eigenvalue weighted by Crippen LogP contribution is 2.39. The Morgan fingerprint density at radius 3 is 2.80 bits per heavy atom. The lowest BCUT2D eigenvalue weighted by Gasteiger charge is -2.13. The smallest absolute Gasteiger partial charge is 0.146 e. The second-order valence-electron chi connectivity index (χ2n) is 3.57. The summed E-state index contributed by atoms with van der Waals surface area (Å²) in [5.41, 5.74) is 3.03. The van der Waals surface area contributed by atoms with Crippen molar-refractivity contribution in [3.63, 3.8) is 0 Å². The predicted octanol–water partition coefficient (Wildman–Crippen LogP) is 1.62. The normalized spacial score (nSPS) is 19.0. The molecular weight excluding hydrogens is 194 g/mol. The van der Waals surface area contributed by atoms with Crippen molar-refractivity contribution in [2.75, 3.05) is 20.8 Å². The second kappa shape index (κ2) is 4.16. The molecule has 0 amide bonds. The van der Waals surface area contributed by atoms with Crippen molar-refractivity contribution in [1.82, 2.24) is 4.98 Å². The molecule has 15 heavy (non-hydrogen) atoms. The van der Waals surface area contributed by atoms with Gasteiger partial charge in [0, 0.05) is 24.4 Å². The van der Waals surface area contributed by atoms with Crippen LogP contribution in [0.3, 0.4) is 0 Å². The Balaban J connectivity index is 2.45. The highest BCUT2D eigenvalue weighted by Gasteiger charge is 2.31. The van der Waals surface area contributed by atoms with Gasteiger partial charge in [0.15, 0.2) is 0 Å². The number of rotatable bonds is 4. The standard InChI is InChI=1S/C11H15NO3/c1-7-11(14-3)10(9-6-15-9)8(4-12-7)5-13-2/h4,9H,5-6H2,1-3H3/t9-/m0/s1. The summed E-state index contributed by atoms with van der Waals surface area (Å²) < 4.78 is 15.8. The van der Waals surface area contributed by atoms with Gasteiger partial charge in [0.1, 0.15) is 11.9 Å². The van der Waals surface area contributed by atoms with Gasteiger partial charge in [-0.15, -0.1) is 0 Å². The van der Waals surface area contributed by atoms with Gasteiger partial charge in [-0.1, -0.05) is 0 Å². The van der Waals surface area contributed by atoms with E-state index in [1.165, 1.54) is 0 Å². The molecule has 0 N–H and O–H groups in total. The van der Waals surface area contributed by atoms with Crippen molar-refractivity contribution in [2.24, 2.45) is 0 Å². The fourth-order valence-electron chi connectivity index (χ4n) is 1.74. The molecule has 2 heterocycles. The van der Waals surface area contributed by atoms with Crippen molar-refractivity contribution in [3.05, 3.63) is 23.0 Å². The summed E-state index contributed by atoms with van der Waals surface area (Å²) in [6, 6.07) is 0. The highest BCUT2D eigenvalue weighted by atomic mass is 16.6. The first-order valence-electron chi connectivity index (χ1n) is 4.90. The number of hydrogen-bond acceptors (Lipinski definition) is 4. The minimum absolute atomic E-state index is 0.159. The van der Waals surface area contributed by atoms with Crippen LogP contribution in [-0.4, -0.2) is 25.8 Å². The molecule has 1 aromatic heterocycles. The molecule has 1 saturated heterocycles. The summed E-state index contributed by atoms with van der Waals surface area (Å²) in [6.07, 6.45) is 1.99. The molecule has 0 radical (unpaired) electrons. The average molecular weight is 209 g/mol. The summed E-state index contributed by atoms with van der Waals surface area (Å²) in [5.74, 6) is 0.826. The van der Waals surface area contributed by atoms with E-state index in [4.69, 9.17) is 14.2 Å². The van der Waals surface area contributed by atoms with Gasteiger partial charge in [0.2, 0.25) is 0 Å². The lowest BCUT2D eigenvalue weighted by atomic mass is 10.1. The van der Waals surface area contributed by atoms with E-state index in [9.17, 15) is 0 Å². The third-order valence-corrected chi connectivity index (χ3v) is 2.49. The van der Waals surface area contributed by atoms with E-state index in [-0.39, 0.29) is 6.10 Å². The van der Waals surface area contributed by atoms with E-state index in [0.717, 1.165) is 29.2 Å². The number of aromatic nitrogens is 1. The van der Waals surface area contributed by atoms with Crippen LogP contribution in [0.2, 0.25) is 0 Å². The maximum atomic E-state index is 5.37. The topological polar surface area (TPSA) is 43.9 Å². The fraction of sp³-hybridized carbons (Fsp3) is 0.545. The Morgan fingerprint density at radius 1 is 1.53 bits per heavy atom. The Morgan fingerprint density at radius 2 is 2.27 bits per heavy atom. The Labute approximate surface area is 89.2 Å². The van der Waals surface area contributed by atoms with Gasteiger partial charge < -0.3 is 14.2 Å². The molecule has 0 saturated carbocycles. The summed E-state index contributed by atoms with van der Waals surface area (Å²) in [7, 11) is 3.33. The molecule has 1 fully saturated rings. The third-order valence-electron chi connectivity index (χ3n) is 2.49. The fourth-order valence-corrected chi connectivity index (χ4v) is 1.74. The zero-order valence-corrected chi connectivity index (χ0v) is 9.24. The molecule has 1 aliphatic heterocycles. The Kier molecular flexibility index (Phi) is 2.88. The first kappa shape index (κ1) is 10.4. The molecule has 0 aliphatic carbocycles. The summed E-state index contributed by atoms with van der Waals surface area (Å²) in [6.45, 7) is 3.23. The van der Waals surface area contributed by atoms with Gasteiger partial charge in [-0.3, -0.25) is 4.98 Å². The molecule has 0 aromatic carbocycles. The first-order valence-corrected chi connectivity index (χ1v) is 4.90. The second-order valence-corrected chi connectivity index (χ2v) is 3.57. The maximum Gasteiger partial charge on any atom is 0.146 e. The van der Waals surface area contributed by atoms with Crippen LogP contribution < -0.4 is 4.74 Å². The first-order chi connectivity index (χ1) is 7.27. The van der Waals surface area contributed by atoms with E-state index in [1.54, 1.807) is 14.2 Å². The van der Waals surface area contributed by atoms with Crippen LogP contribution in [0.4, 0.5) is 0 Å². The van der Waals surface area contributed by atoms with Gasteiger partial charge in [0.25, 0.3) is 0 Å². The van der Waals surface area contributed by atoms with Gasteiger partial charge >= 0.3 is 0 Å². The van der Waals surface area contributed by atoms with Gasteiger partial charge in [-0.2, -0.15) is 0 Å². The molecule has 0 bridgehead atoms. The lowest BCUT2D eigenvalue weighted by Crippen LogP contribution is -2.03. The molecule has 4 nitrogen and oxygen atoms in total. The highest BCUT2D eigenvalue weighted by molar-refractivity contribution is 5.44. The predicted molar refractivity (Wildman–Crippen MR) is 54.9 cm³/mol. The largest absolute Gasteiger partial charge is 0.494 e. The number of nitrogens with zero attached hydrogens (tertiary/aromatic N) is 1. The van der Waals surface area contributed by atoms with E-state index < -0.39 is 0 Å². The van der Waals surface area contributed by atoms with Crippen molar-refractivity contribution in [3.8, 4) is 5.75 Å². The number of ether oxygens (including phenoxy) is 3. The molecule has 4 heteroatoms. The monoisotopic (exact) mass is 209 g/mol. The minimum Gasteiger partial charge on any atom is -0.494 e. The molecule has 1 aliphatic rings. The number of aryl methyl sites for hydroxylation is 1. The van der Waals surface area contributed by atoms with E-state index in [1.807, 2.05) is 13.1 Å². The van der Waals surface area contributed by atoms with Crippen molar-refractivity contribution < 1.29 is 14.2 Å². The summed E-state index contributed by atoms with van der Waals surface area (Å²) in [4.78, 5) is 4.28. The van der Waals surface area contributed by atoms with Crippen LogP contribution in [0.5, 0.6) is 5.75 Å². The molecule has 82 valence electrons. The Bertz CT molecular complexity index is 361. The molecular formula is C11H15NO3. The number of epoxide rings is 1. The average Bonchev–Trinajstić information content (AvgIpc) is 3.04. The molecule has 1 atom stereocenters. The van der Waals surface area contributed by atoms with Gasteiger partial charge in [-0.25, -0.2) is 0 Å². The molecule has 1 aromatic rings. The lowest BCUT2D eigenvalue weighted by molar-refractivity contribution is 0.182. The zero-order chi connectivity index (χ0) is 10.8.